The minimum Gasteiger partial charge on any atom is -0.489 e. The molecule has 0 aromatic carbocycles. The number of aromatic nitrogens is 3. The fourth-order valence-corrected chi connectivity index (χ4v) is 1.56. The number of rotatable bonds is 4. The molecule has 1 atom stereocenters. The molecule has 5 nitrogen and oxygen atoms in total. The Morgan fingerprint density at radius 1 is 1.17 bits per heavy atom. The zero-order valence-electron chi connectivity index (χ0n) is 10.4. The van der Waals surface area contributed by atoms with Gasteiger partial charge < -0.3 is 10.5 Å². The lowest BCUT2D eigenvalue weighted by atomic mass is 10.1. The molecule has 2 N–H and O–H groups in total. The number of pyridine rings is 1. The van der Waals surface area contributed by atoms with Gasteiger partial charge in [-0.1, -0.05) is 0 Å². The molecule has 0 bridgehead atoms. The number of hydrogen-bond acceptors (Lipinski definition) is 5. The summed E-state index contributed by atoms with van der Waals surface area (Å²) >= 11 is 0. The van der Waals surface area contributed by atoms with Gasteiger partial charge >= 0.3 is 0 Å². The molecule has 0 radical (unpaired) electrons. The number of ether oxygens (including phenoxy) is 1. The van der Waals surface area contributed by atoms with Gasteiger partial charge in [-0.25, -0.2) is 9.97 Å². The number of hydrogen-bond donors (Lipinski definition) is 1. The zero-order valence-corrected chi connectivity index (χ0v) is 10.4. The van der Waals surface area contributed by atoms with Crippen LogP contribution >= 0.6 is 0 Å². The van der Waals surface area contributed by atoms with E-state index in [9.17, 15) is 0 Å². The lowest BCUT2D eigenvalue weighted by Gasteiger charge is -2.13. The third-order valence-corrected chi connectivity index (χ3v) is 2.33. The molecule has 18 heavy (non-hydrogen) atoms. The largest absolute Gasteiger partial charge is 0.489 e. The van der Waals surface area contributed by atoms with E-state index >= 15 is 0 Å². The highest BCUT2D eigenvalue weighted by atomic mass is 16.5. The van der Waals surface area contributed by atoms with Gasteiger partial charge in [0, 0.05) is 18.6 Å². The highest BCUT2D eigenvalue weighted by Crippen LogP contribution is 2.20. The topological polar surface area (TPSA) is 73.9 Å². The Hall–Kier alpha value is -2.01. The molecule has 2 aromatic heterocycles. The second-order valence-electron chi connectivity index (χ2n) is 4.21. The summed E-state index contributed by atoms with van der Waals surface area (Å²) in [7, 11) is 0. The number of nitrogens with two attached hydrogens (primary N) is 1. The molecule has 0 aliphatic rings. The van der Waals surface area contributed by atoms with Crippen LogP contribution < -0.4 is 10.5 Å². The third kappa shape index (κ3) is 3.01. The van der Waals surface area contributed by atoms with E-state index in [0.29, 0.717) is 11.6 Å². The van der Waals surface area contributed by atoms with Crippen molar-refractivity contribution in [2.75, 3.05) is 0 Å². The van der Waals surface area contributed by atoms with Crippen LogP contribution in [0.5, 0.6) is 5.75 Å². The van der Waals surface area contributed by atoms with Gasteiger partial charge in [-0.3, -0.25) is 4.98 Å². The Bertz CT molecular complexity index is 501. The van der Waals surface area contributed by atoms with E-state index < -0.39 is 6.04 Å². The Kier molecular flexibility index (Phi) is 3.84. The molecule has 0 aliphatic carbocycles. The van der Waals surface area contributed by atoms with Crippen molar-refractivity contribution in [2.45, 2.75) is 26.0 Å². The fourth-order valence-electron chi connectivity index (χ4n) is 1.56. The molecule has 1 unspecified atom stereocenters. The van der Waals surface area contributed by atoms with Crippen LogP contribution in [0.3, 0.4) is 0 Å². The van der Waals surface area contributed by atoms with Gasteiger partial charge in [0.1, 0.15) is 11.6 Å². The molecule has 0 saturated heterocycles. The van der Waals surface area contributed by atoms with Crippen molar-refractivity contribution in [1.82, 2.24) is 15.0 Å². The van der Waals surface area contributed by atoms with Crippen molar-refractivity contribution in [3.05, 3.63) is 48.3 Å². The van der Waals surface area contributed by atoms with Crippen molar-refractivity contribution in [3.63, 3.8) is 0 Å². The predicted molar refractivity (Wildman–Crippen MR) is 68.1 cm³/mol. The van der Waals surface area contributed by atoms with Crippen molar-refractivity contribution < 1.29 is 4.74 Å². The molecule has 0 spiro atoms. The first kappa shape index (κ1) is 12.4. The van der Waals surface area contributed by atoms with E-state index in [1.165, 1.54) is 0 Å². The van der Waals surface area contributed by atoms with E-state index in [4.69, 9.17) is 10.5 Å². The molecule has 0 amide bonds. The zero-order chi connectivity index (χ0) is 13.0. The van der Waals surface area contributed by atoms with Gasteiger partial charge in [-0.05, 0) is 31.5 Å². The maximum Gasteiger partial charge on any atom is 0.149 e. The van der Waals surface area contributed by atoms with Crippen molar-refractivity contribution >= 4 is 0 Å². The van der Waals surface area contributed by atoms with Crippen LogP contribution in [0, 0.1) is 0 Å². The lowest BCUT2D eigenvalue weighted by molar-refractivity contribution is 0.241. The van der Waals surface area contributed by atoms with Gasteiger partial charge in [0.15, 0.2) is 0 Å². The first-order valence-electron chi connectivity index (χ1n) is 5.81. The summed E-state index contributed by atoms with van der Waals surface area (Å²) in [6.45, 7) is 3.93. The van der Waals surface area contributed by atoms with Gasteiger partial charge in [0.2, 0.25) is 0 Å². The average Bonchev–Trinajstić information content (AvgIpc) is 2.38. The second-order valence-corrected chi connectivity index (χ2v) is 4.21. The Morgan fingerprint density at radius 3 is 2.56 bits per heavy atom. The highest BCUT2D eigenvalue weighted by Gasteiger charge is 2.12. The van der Waals surface area contributed by atoms with Gasteiger partial charge in [0.25, 0.3) is 0 Å². The Balaban J connectivity index is 2.23. The van der Waals surface area contributed by atoms with E-state index in [-0.39, 0.29) is 6.10 Å². The molecule has 2 aromatic rings. The summed E-state index contributed by atoms with van der Waals surface area (Å²) in [6, 6.07) is 3.23. The fraction of sp³-hybridized carbons (Fsp3) is 0.308. The summed E-state index contributed by atoms with van der Waals surface area (Å²) in [5.41, 5.74) is 6.93. The molecular formula is C13H16N4O. The summed E-state index contributed by atoms with van der Waals surface area (Å²) in [5.74, 6) is 1.27. The van der Waals surface area contributed by atoms with E-state index in [0.717, 1.165) is 5.56 Å². The van der Waals surface area contributed by atoms with Gasteiger partial charge in [0.05, 0.1) is 18.3 Å². The van der Waals surface area contributed by atoms with Crippen molar-refractivity contribution in [2.24, 2.45) is 5.73 Å². The van der Waals surface area contributed by atoms with Crippen LogP contribution in [0.15, 0.2) is 36.9 Å². The van der Waals surface area contributed by atoms with Crippen LogP contribution in [0.1, 0.15) is 31.3 Å². The SMILES string of the molecule is CC(C)Oc1cncc(C(N)c2ncccn2)c1. The van der Waals surface area contributed by atoms with Crippen LogP contribution in [0.4, 0.5) is 0 Å². The molecule has 2 heterocycles. The number of nitrogens with zero attached hydrogens (tertiary/aromatic N) is 3. The van der Waals surface area contributed by atoms with Crippen molar-refractivity contribution in [1.29, 1.82) is 0 Å². The highest BCUT2D eigenvalue weighted by molar-refractivity contribution is 5.29. The summed E-state index contributed by atoms with van der Waals surface area (Å²) in [6.07, 6.45) is 6.82. The smallest absolute Gasteiger partial charge is 0.149 e. The normalized spacial score (nSPS) is 12.4. The molecule has 94 valence electrons. The van der Waals surface area contributed by atoms with Crippen LogP contribution in [0.25, 0.3) is 0 Å². The van der Waals surface area contributed by atoms with Crippen LogP contribution in [0.2, 0.25) is 0 Å². The quantitative estimate of drug-likeness (QED) is 0.886. The molecule has 0 fully saturated rings. The van der Waals surface area contributed by atoms with Gasteiger partial charge in [-0.2, -0.15) is 0 Å². The van der Waals surface area contributed by atoms with E-state index in [1.54, 1.807) is 30.9 Å². The third-order valence-electron chi connectivity index (χ3n) is 2.33. The van der Waals surface area contributed by atoms with Crippen LogP contribution in [-0.4, -0.2) is 21.1 Å². The maximum absolute atomic E-state index is 6.10. The maximum atomic E-state index is 6.10. The standard InChI is InChI=1S/C13H16N4O/c1-9(2)18-11-6-10(7-15-8-11)12(14)13-16-4-3-5-17-13/h3-9,12H,14H2,1-2H3. The predicted octanol–water partition coefficient (Wildman–Crippen LogP) is 1.71. The second kappa shape index (κ2) is 5.55. The lowest BCUT2D eigenvalue weighted by Crippen LogP contribution is -2.16. The summed E-state index contributed by atoms with van der Waals surface area (Å²) in [4.78, 5) is 12.4. The Labute approximate surface area is 106 Å². The van der Waals surface area contributed by atoms with Crippen molar-refractivity contribution in [3.8, 4) is 5.75 Å². The molecule has 0 aliphatic heterocycles. The van der Waals surface area contributed by atoms with Crippen LogP contribution in [-0.2, 0) is 0 Å². The molecule has 0 saturated carbocycles. The Morgan fingerprint density at radius 2 is 1.89 bits per heavy atom. The summed E-state index contributed by atoms with van der Waals surface area (Å²) < 4.78 is 5.58. The van der Waals surface area contributed by atoms with E-state index in [1.807, 2.05) is 19.9 Å². The minimum absolute atomic E-state index is 0.103. The first-order chi connectivity index (χ1) is 8.66. The average molecular weight is 244 g/mol. The van der Waals surface area contributed by atoms with E-state index in [2.05, 4.69) is 15.0 Å². The van der Waals surface area contributed by atoms with Gasteiger partial charge in [-0.15, -0.1) is 0 Å². The minimum atomic E-state index is -0.394. The molecular weight excluding hydrogens is 228 g/mol. The first-order valence-corrected chi connectivity index (χ1v) is 5.81. The monoisotopic (exact) mass is 244 g/mol. The molecule has 2 rings (SSSR count). The summed E-state index contributed by atoms with van der Waals surface area (Å²) in [5, 5.41) is 0. The molecule has 5 heteroatoms.